The van der Waals surface area contributed by atoms with E-state index >= 15 is 0 Å². The molecule has 4 rings (SSSR count). The fourth-order valence-electron chi connectivity index (χ4n) is 8.90. The molecule has 0 aromatic carbocycles. The first kappa shape index (κ1) is 38.6. The van der Waals surface area contributed by atoms with E-state index in [1.165, 1.54) is 11.1 Å². The number of hydrogen-bond donors (Lipinski definition) is 1. The molecular formula is C39H70O4SSi2. The first-order valence-corrected chi connectivity index (χ1v) is 25.2. The molecule has 0 aromatic heterocycles. The van der Waals surface area contributed by atoms with Gasteiger partial charge in [0.05, 0.1) is 17.8 Å². The third-order valence-corrected chi connectivity index (χ3v) is 24.2. The van der Waals surface area contributed by atoms with E-state index in [1.54, 1.807) is 0 Å². The third kappa shape index (κ3) is 7.31. The van der Waals surface area contributed by atoms with Crippen LogP contribution in [-0.4, -0.2) is 56.3 Å². The van der Waals surface area contributed by atoms with E-state index in [2.05, 4.69) is 101 Å². The molecule has 0 unspecified atom stereocenters. The van der Waals surface area contributed by atoms with Crippen LogP contribution in [-0.2, 0) is 13.6 Å². The highest BCUT2D eigenvalue weighted by atomic mass is 32.2. The van der Waals surface area contributed by atoms with E-state index in [9.17, 15) is 9.90 Å². The van der Waals surface area contributed by atoms with E-state index in [0.717, 1.165) is 44.3 Å². The van der Waals surface area contributed by atoms with Crippen molar-refractivity contribution in [2.45, 2.75) is 180 Å². The second-order valence-electron chi connectivity index (χ2n) is 19.7. The predicted octanol–water partition coefficient (Wildman–Crippen LogP) is 10.7. The normalized spacial score (nSPS) is 34.8. The van der Waals surface area contributed by atoms with Gasteiger partial charge in [-0.1, -0.05) is 85.6 Å². The molecule has 1 N–H and O–H groups in total. The molecule has 46 heavy (non-hydrogen) atoms. The Morgan fingerprint density at radius 3 is 2.09 bits per heavy atom. The van der Waals surface area contributed by atoms with Gasteiger partial charge < -0.3 is 14.0 Å². The van der Waals surface area contributed by atoms with Gasteiger partial charge in [0.25, 0.3) is 0 Å². The molecule has 264 valence electrons. The Balaban J connectivity index is 1.66. The van der Waals surface area contributed by atoms with Crippen molar-refractivity contribution in [3.05, 3.63) is 23.3 Å². The van der Waals surface area contributed by atoms with Crippen LogP contribution in [0, 0.1) is 28.6 Å². The standard InChI is InChI=1S/C39H70O4SSi2/c1-26(44-22-16-20-37(8,9)41)34-32(40)25-31-29-18-17-27-23-28(42-45(12,13)35(2,3)4)24-33(43-46(14,15)36(5,6)7)39(27,11)30(29)19-21-38(31,34)10/h17-18,26,28,30-31,33-34,41H,16,19-25H2,1-15H3/t26-,28-,30+,31+,33+,34+,38+,39+/m1/s1. The molecule has 0 spiro atoms. The molecule has 0 aliphatic heterocycles. The average molecular weight is 691 g/mol. The number of aliphatic hydroxyl groups is 1. The Labute approximate surface area is 290 Å². The monoisotopic (exact) mass is 690 g/mol. The molecule has 3 saturated carbocycles. The number of carbonyl (C=O) groups excluding carboxylic acids is 1. The minimum Gasteiger partial charge on any atom is -0.414 e. The van der Waals surface area contributed by atoms with Crippen LogP contribution in [0.4, 0.5) is 0 Å². The number of rotatable bonds is 10. The summed E-state index contributed by atoms with van der Waals surface area (Å²) in [5.41, 5.74) is 2.35. The minimum atomic E-state index is -2.07. The molecule has 4 aliphatic carbocycles. The zero-order valence-electron chi connectivity index (χ0n) is 32.4. The molecule has 4 nitrogen and oxygen atoms in total. The second kappa shape index (κ2) is 12.9. The van der Waals surface area contributed by atoms with Crippen LogP contribution in [0.2, 0.25) is 36.3 Å². The predicted molar refractivity (Wildman–Crippen MR) is 203 cm³/mol. The fraction of sp³-hybridized carbons (Fsp3) is 0.872. The number of allylic oxidation sites excluding steroid dienone is 3. The van der Waals surface area contributed by atoms with Crippen LogP contribution in [0.5, 0.6) is 0 Å². The van der Waals surface area contributed by atoms with Crippen LogP contribution in [0.25, 0.3) is 0 Å². The Bertz CT molecular complexity index is 1200. The highest BCUT2D eigenvalue weighted by molar-refractivity contribution is 7.99. The van der Waals surface area contributed by atoms with Crippen LogP contribution >= 0.6 is 11.8 Å². The van der Waals surface area contributed by atoms with Crippen molar-refractivity contribution in [2.75, 3.05) is 5.75 Å². The van der Waals surface area contributed by atoms with E-state index in [-0.39, 0.29) is 39.0 Å². The van der Waals surface area contributed by atoms with Crippen molar-refractivity contribution >= 4 is 34.2 Å². The summed E-state index contributed by atoms with van der Waals surface area (Å²) in [5.74, 6) is 2.29. The van der Waals surface area contributed by atoms with Gasteiger partial charge in [-0.2, -0.15) is 11.8 Å². The summed E-state index contributed by atoms with van der Waals surface area (Å²) in [5, 5.41) is 10.8. The molecule has 0 heterocycles. The summed E-state index contributed by atoms with van der Waals surface area (Å²) >= 11 is 1.95. The lowest BCUT2D eigenvalue weighted by atomic mass is 9.49. The Morgan fingerprint density at radius 2 is 1.52 bits per heavy atom. The number of fused-ring (bicyclic) bond motifs is 5. The molecule has 3 fully saturated rings. The van der Waals surface area contributed by atoms with Crippen molar-refractivity contribution in [3.63, 3.8) is 0 Å². The zero-order chi connectivity index (χ0) is 34.9. The van der Waals surface area contributed by atoms with Crippen molar-refractivity contribution in [2.24, 2.45) is 28.6 Å². The van der Waals surface area contributed by atoms with E-state index < -0.39 is 22.2 Å². The molecular weight excluding hydrogens is 621 g/mol. The van der Waals surface area contributed by atoms with Crippen molar-refractivity contribution in [1.82, 2.24) is 0 Å². The largest absolute Gasteiger partial charge is 0.414 e. The van der Waals surface area contributed by atoms with Gasteiger partial charge in [-0.3, -0.25) is 4.79 Å². The molecule has 0 radical (unpaired) electrons. The van der Waals surface area contributed by atoms with Crippen molar-refractivity contribution < 1.29 is 18.8 Å². The number of Topliss-reactive ketones (excluding diaryl/α,β-unsaturated/α-hetero) is 1. The lowest BCUT2D eigenvalue weighted by Crippen LogP contribution is -2.58. The summed E-state index contributed by atoms with van der Waals surface area (Å²) in [4.78, 5) is 13.9. The molecule has 0 bridgehead atoms. The van der Waals surface area contributed by atoms with Crippen LogP contribution in [0.15, 0.2) is 23.3 Å². The maximum absolute atomic E-state index is 13.9. The quantitative estimate of drug-likeness (QED) is 0.183. The van der Waals surface area contributed by atoms with Gasteiger partial charge >= 0.3 is 0 Å². The Morgan fingerprint density at radius 1 is 0.935 bits per heavy atom. The van der Waals surface area contributed by atoms with E-state index in [0.29, 0.717) is 29.3 Å². The lowest BCUT2D eigenvalue weighted by molar-refractivity contribution is -0.122. The number of ketones is 1. The van der Waals surface area contributed by atoms with Gasteiger partial charge in [-0.15, -0.1) is 0 Å². The van der Waals surface area contributed by atoms with Crippen LogP contribution in [0.3, 0.4) is 0 Å². The second-order valence-corrected chi connectivity index (χ2v) is 30.7. The smallest absolute Gasteiger partial charge is 0.192 e. The molecule has 7 heteroatoms. The summed E-state index contributed by atoms with van der Waals surface area (Å²) in [6.45, 7) is 34.7. The van der Waals surface area contributed by atoms with E-state index in [1.807, 2.05) is 25.6 Å². The average Bonchev–Trinajstić information content (AvgIpc) is 3.15. The molecule has 4 aliphatic rings. The van der Waals surface area contributed by atoms with Gasteiger partial charge in [0.15, 0.2) is 16.6 Å². The van der Waals surface area contributed by atoms with Crippen LogP contribution in [0.1, 0.15) is 121 Å². The maximum atomic E-state index is 13.9. The van der Waals surface area contributed by atoms with Gasteiger partial charge in [-0.25, -0.2) is 0 Å². The summed E-state index contributed by atoms with van der Waals surface area (Å²) in [7, 11) is -4.01. The van der Waals surface area contributed by atoms with Gasteiger partial charge in [0.2, 0.25) is 0 Å². The first-order valence-electron chi connectivity index (χ1n) is 18.4. The third-order valence-electron chi connectivity index (χ3n) is 13.8. The fourth-order valence-corrected chi connectivity index (χ4v) is 13.0. The molecule has 0 saturated heterocycles. The molecule has 0 amide bonds. The summed E-state index contributed by atoms with van der Waals surface area (Å²) in [6, 6.07) is 0. The van der Waals surface area contributed by atoms with Gasteiger partial charge in [0.1, 0.15) is 5.78 Å². The first-order chi connectivity index (χ1) is 20.7. The van der Waals surface area contributed by atoms with Gasteiger partial charge in [-0.05, 0) is 112 Å². The lowest BCUT2D eigenvalue weighted by Gasteiger charge is -2.59. The number of hydrogen-bond acceptors (Lipinski definition) is 5. The van der Waals surface area contributed by atoms with Crippen molar-refractivity contribution in [1.29, 1.82) is 0 Å². The molecule has 8 atom stereocenters. The Kier molecular flexibility index (Phi) is 10.8. The minimum absolute atomic E-state index is 0.00220. The van der Waals surface area contributed by atoms with Gasteiger partial charge in [0, 0.05) is 23.0 Å². The van der Waals surface area contributed by atoms with Crippen molar-refractivity contribution in [3.8, 4) is 0 Å². The number of thioether (sulfide) groups is 1. The Hall–Kier alpha value is -0.186. The van der Waals surface area contributed by atoms with Crippen LogP contribution < -0.4 is 0 Å². The summed E-state index contributed by atoms with van der Waals surface area (Å²) < 4.78 is 14.7. The molecule has 0 aromatic rings. The maximum Gasteiger partial charge on any atom is 0.192 e. The van der Waals surface area contributed by atoms with E-state index in [4.69, 9.17) is 8.85 Å². The topological polar surface area (TPSA) is 55.8 Å². The number of carbonyl (C=O) groups is 1. The summed E-state index contributed by atoms with van der Waals surface area (Å²) in [6.07, 6.45) is 11.8. The highest BCUT2D eigenvalue weighted by Crippen LogP contribution is 2.66. The highest BCUT2D eigenvalue weighted by Gasteiger charge is 2.62. The zero-order valence-corrected chi connectivity index (χ0v) is 35.2. The SMILES string of the molecule is C[C@@H](SCCCC(C)(C)O)[C@H]1C(=O)C[C@H]2C3=CC=C4C[C@@H](O[Si](C)(C)C(C)(C)C)C[C@H](O[Si](C)(C)C(C)(C)C)[C@]4(C)[C@H]3CC[C@]12C.